The number of sulfonamides is 1. The van der Waals surface area contributed by atoms with Crippen LogP contribution in [0.1, 0.15) is 61.9 Å². The first-order chi connectivity index (χ1) is 19.6. The number of nitrogens with zero attached hydrogens (tertiary/aromatic N) is 1. The fourth-order valence-electron chi connectivity index (χ4n) is 4.66. The van der Waals surface area contributed by atoms with Crippen LogP contribution in [0.15, 0.2) is 40.8 Å². The molecule has 1 heterocycles. The Kier molecular flexibility index (Phi) is 8.53. The third kappa shape index (κ3) is 7.01. The van der Waals surface area contributed by atoms with Gasteiger partial charge < -0.3 is 24.9 Å². The van der Waals surface area contributed by atoms with Gasteiger partial charge in [0.15, 0.2) is 0 Å². The van der Waals surface area contributed by atoms with Gasteiger partial charge in [-0.3, -0.25) is 9.10 Å². The molecule has 0 spiro atoms. The van der Waals surface area contributed by atoms with Crippen molar-refractivity contribution in [1.82, 2.24) is 10.6 Å². The van der Waals surface area contributed by atoms with Gasteiger partial charge in [0.25, 0.3) is 5.91 Å². The second kappa shape index (κ2) is 11.6. The van der Waals surface area contributed by atoms with E-state index in [9.17, 15) is 32.3 Å². The summed E-state index contributed by atoms with van der Waals surface area (Å²) in [5.74, 6) is -2.02. The fourth-order valence-corrected chi connectivity index (χ4v) is 5.61. The van der Waals surface area contributed by atoms with Crippen molar-refractivity contribution < 1.29 is 41.5 Å². The normalized spacial score (nSPS) is 14.3. The summed E-state index contributed by atoms with van der Waals surface area (Å²) >= 11 is 0. The molecule has 42 heavy (non-hydrogen) atoms. The number of nitrogens with one attached hydrogen (secondary N) is 2. The first-order valence-corrected chi connectivity index (χ1v) is 15.2. The Morgan fingerprint density at radius 3 is 2.33 bits per heavy atom. The number of alkyl carbamates (subject to hydrolysis) is 1. The van der Waals surface area contributed by atoms with Crippen LogP contribution in [0.4, 0.5) is 14.9 Å². The van der Waals surface area contributed by atoms with Gasteiger partial charge in [0.1, 0.15) is 28.8 Å². The minimum Gasteiger partial charge on any atom is -0.480 e. The molecule has 226 valence electrons. The van der Waals surface area contributed by atoms with Gasteiger partial charge in [-0.1, -0.05) is 0 Å². The summed E-state index contributed by atoms with van der Waals surface area (Å²) in [6.45, 7) is 4.63. The second-order valence-corrected chi connectivity index (χ2v) is 13.1. The van der Waals surface area contributed by atoms with Crippen LogP contribution in [0, 0.1) is 5.82 Å². The van der Waals surface area contributed by atoms with Crippen LogP contribution in [0.3, 0.4) is 0 Å². The third-order valence-corrected chi connectivity index (χ3v) is 7.87. The maximum atomic E-state index is 13.6. The zero-order valence-electron chi connectivity index (χ0n) is 24.0. The predicted octanol–water partition coefficient (Wildman–Crippen LogP) is 4.61. The van der Waals surface area contributed by atoms with Crippen molar-refractivity contribution in [3.05, 3.63) is 53.3 Å². The molecule has 13 heteroatoms. The minimum atomic E-state index is -3.94. The number of furan rings is 1. The molecule has 4 rings (SSSR count). The van der Waals surface area contributed by atoms with Crippen LogP contribution in [0.5, 0.6) is 0 Å². The van der Waals surface area contributed by atoms with Crippen molar-refractivity contribution in [3.8, 4) is 11.3 Å². The molecule has 2 aromatic carbocycles. The van der Waals surface area contributed by atoms with E-state index in [1.165, 1.54) is 37.4 Å². The van der Waals surface area contributed by atoms with Gasteiger partial charge >= 0.3 is 12.1 Å². The molecule has 1 saturated carbocycles. The van der Waals surface area contributed by atoms with E-state index in [1.54, 1.807) is 26.8 Å². The van der Waals surface area contributed by atoms with Gasteiger partial charge in [0, 0.05) is 30.6 Å². The number of anilines is 1. The molecular weight excluding hydrogens is 569 g/mol. The van der Waals surface area contributed by atoms with Crippen LogP contribution in [-0.4, -0.2) is 63.0 Å². The number of carboxylic acids is 1. The van der Waals surface area contributed by atoms with Gasteiger partial charge in [-0.05, 0) is 81.8 Å². The standard InChI is InChI=1S/C29H34FN3O8S/c1-29(2,3)41-28(37)32-21(27(35)36)12-13-33(42(5,38)39)22-15-23-20(14-19(22)16-6-7-16)24(26(34)31-4)25(40-23)17-8-10-18(30)11-9-17/h8-11,14-16,21H,6-7,12-13H2,1-5H3,(H,31,34)(H,32,37)(H,35,36). The van der Waals surface area contributed by atoms with Gasteiger partial charge in [-0.25, -0.2) is 22.4 Å². The lowest BCUT2D eigenvalue weighted by Gasteiger charge is -2.27. The summed E-state index contributed by atoms with van der Waals surface area (Å²) in [7, 11) is -2.47. The molecule has 1 fully saturated rings. The van der Waals surface area contributed by atoms with Crippen LogP contribution in [0.2, 0.25) is 0 Å². The number of rotatable bonds is 10. The number of ether oxygens (including phenoxy) is 1. The highest BCUT2D eigenvalue weighted by atomic mass is 32.2. The van der Waals surface area contributed by atoms with Crippen LogP contribution >= 0.6 is 0 Å². The number of fused-ring (bicyclic) bond motifs is 1. The molecular formula is C29H34FN3O8S. The highest BCUT2D eigenvalue weighted by Gasteiger charge is 2.34. The minimum absolute atomic E-state index is 0.0190. The van der Waals surface area contributed by atoms with E-state index in [4.69, 9.17) is 9.15 Å². The monoisotopic (exact) mass is 603 g/mol. The SMILES string of the molecule is CNC(=O)c1c(-c2ccc(F)cc2)oc2cc(N(CCC(NC(=O)OC(C)(C)C)C(=O)O)S(C)(=O)=O)c(C3CC3)cc12. The van der Waals surface area contributed by atoms with Crippen molar-refractivity contribution in [3.63, 3.8) is 0 Å². The molecule has 1 atom stereocenters. The molecule has 3 N–H and O–H groups in total. The van der Waals surface area contributed by atoms with E-state index in [1.807, 2.05) is 0 Å². The molecule has 1 unspecified atom stereocenters. The number of halogens is 1. The number of aliphatic carboxylic acids is 1. The second-order valence-electron chi connectivity index (χ2n) is 11.2. The van der Waals surface area contributed by atoms with Gasteiger partial charge in [-0.15, -0.1) is 0 Å². The summed E-state index contributed by atoms with van der Waals surface area (Å²) in [5, 5.41) is 15.1. The molecule has 1 aromatic heterocycles. The zero-order chi connectivity index (χ0) is 31.0. The topological polar surface area (TPSA) is 155 Å². The lowest BCUT2D eigenvalue weighted by Crippen LogP contribution is -2.45. The number of carbonyl (C=O) groups is 3. The largest absolute Gasteiger partial charge is 0.480 e. The molecule has 0 saturated heterocycles. The van der Waals surface area contributed by atoms with Crippen molar-refractivity contribution in [2.75, 3.05) is 24.2 Å². The summed E-state index contributed by atoms with van der Waals surface area (Å²) in [5.41, 5.74) is 1.00. The summed E-state index contributed by atoms with van der Waals surface area (Å²) in [6, 6.07) is 7.28. The van der Waals surface area contributed by atoms with E-state index < -0.39 is 45.5 Å². The van der Waals surface area contributed by atoms with Crippen LogP contribution in [0.25, 0.3) is 22.3 Å². The number of carboxylic acid groups (broad SMARTS) is 1. The molecule has 0 aliphatic heterocycles. The van der Waals surface area contributed by atoms with Gasteiger partial charge in [0.2, 0.25) is 10.0 Å². The van der Waals surface area contributed by atoms with E-state index >= 15 is 0 Å². The summed E-state index contributed by atoms with van der Waals surface area (Å²) in [4.78, 5) is 37.2. The zero-order valence-corrected chi connectivity index (χ0v) is 24.8. The van der Waals surface area contributed by atoms with E-state index in [0.29, 0.717) is 16.5 Å². The molecule has 3 aromatic rings. The van der Waals surface area contributed by atoms with E-state index in [0.717, 1.165) is 23.4 Å². The Balaban J connectivity index is 1.78. The Labute approximate surface area is 243 Å². The van der Waals surface area contributed by atoms with Crippen LogP contribution < -0.4 is 14.9 Å². The van der Waals surface area contributed by atoms with Gasteiger partial charge in [-0.2, -0.15) is 0 Å². The average Bonchev–Trinajstić information content (AvgIpc) is 3.66. The summed E-state index contributed by atoms with van der Waals surface area (Å²) in [6.07, 6.45) is 1.41. The maximum Gasteiger partial charge on any atom is 0.408 e. The molecule has 1 aliphatic rings. The quantitative estimate of drug-likeness (QED) is 0.304. The smallest absolute Gasteiger partial charge is 0.408 e. The highest BCUT2D eigenvalue weighted by Crippen LogP contribution is 2.48. The Hall–Kier alpha value is -4.13. The molecule has 2 amide bonds. The third-order valence-electron chi connectivity index (χ3n) is 6.69. The Morgan fingerprint density at radius 1 is 1.17 bits per heavy atom. The lowest BCUT2D eigenvalue weighted by atomic mass is 10.00. The van der Waals surface area contributed by atoms with Crippen molar-refractivity contribution in [2.45, 2.75) is 57.6 Å². The van der Waals surface area contributed by atoms with Gasteiger partial charge in [0.05, 0.1) is 17.5 Å². The predicted molar refractivity (Wildman–Crippen MR) is 155 cm³/mol. The molecule has 0 bridgehead atoms. The maximum absolute atomic E-state index is 13.6. The molecule has 1 aliphatic carbocycles. The van der Waals surface area contributed by atoms with Crippen molar-refractivity contribution in [2.24, 2.45) is 0 Å². The lowest BCUT2D eigenvalue weighted by molar-refractivity contribution is -0.139. The molecule has 0 radical (unpaired) electrons. The highest BCUT2D eigenvalue weighted by molar-refractivity contribution is 7.92. The first kappa shape index (κ1) is 30.8. The fraction of sp³-hybridized carbons (Fsp3) is 0.414. The first-order valence-electron chi connectivity index (χ1n) is 13.4. The number of carbonyl (C=O) groups excluding carboxylic acids is 2. The van der Waals surface area contributed by atoms with E-state index in [2.05, 4.69) is 10.6 Å². The number of amides is 2. The number of benzene rings is 2. The van der Waals surface area contributed by atoms with Crippen LogP contribution in [-0.2, 0) is 19.6 Å². The van der Waals surface area contributed by atoms with Crippen molar-refractivity contribution >= 4 is 44.6 Å². The van der Waals surface area contributed by atoms with E-state index in [-0.39, 0.29) is 41.5 Å². The number of hydrogen-bond acceptors (Lipinski definition) is 7. The summed E-state index contributed by atoms with van der Waals surface area (Å²) < 4.78 is 52.1. The Bertz CT molecular complexity index is 1620. The number of hydrogen-bond donors (Lipinski definition) is 3. The van der Waals surface area contributed by atoms with Crippen molar-refractivity contribution in [1.29, 1.82) is 0 Å². The molecule has 11 nitrogen and oxygen atoms in total. The Morgan fingerprint density at radius 2 is 1.81 bits per heavy atom. The average molecular weight is 604 g/mol.